The summed E-state index contributed by atoms with van der Waals surface area (Å²) in [5, 5.41) is 16.7. The number of hydrogen-bond acceptors (Lipinski definition) is 4. The molecular weight excluding hydrogens is 274 g/mol. The first-order chi connectivity index (χ1) is 9.88. The molecule has 0 aliphatic carbocycles. The molecule has 2 rings (SSSR count). The number of anilines is 1. The maximum absolute atomic E-state index is 12.1. The van der Waals surface area contributed by atoms with Gasteiger partial charge in [-0.1, -0.05) is 0 Å². The van der Waals surface area contributed by atoms with E-state index >= 15 is 0 Å². The topological polar surface area (TPSA) is 99.1 Å². The first-order valence-electron chi connectivity index (χ1n) is 6.38. The second-order valence-electron chi connectivity index (χ2n) is 4.75. The third-order valence-electron chi connectivity index (χ3n) is 3.19. The Morgan fingerprint density at radius 3 is 2.62 bits per heavy atom. The molecule has 0 radical (unpaired) electrons. The first kappa shape index (κ1) is 14.7. The molecule has 7 heteroatoms. The number of carboxylic acid groups (broad SMARTS) is 1. The third kappa shape index (κ3) is 3.25. The predicted molar refractivity (Wildman–Crippen MR) is 76.2 cm³/mol. The summed E-state index contributed by atoms with van der Waals surface area (Å²) in [6.45, 7) is 1.71. The van der Waals surface area contributed by atoms with Gasteiger partial charge in [0.05, 0.1) is 5.56 Å². The minimum Gasteiger partial charge on any atom is -0.478 e. The molecule has 0 spiro atoms. The molecule has 0 saturated carbocycles. The number of rotatable bonds is 3. The van der Waals surface area contributed by atoms with Crippen molar-refractivity contribution in [3.05, 3.63) is 29.3 Å². The quantitative estimate of drug-likeness (QED) is 0.874. The van der Waals surface area contributed by atoms with E-state index in [9.17, 15) is 14.4 Å². The van der Waals surface area contributed by atoms with Crippen molar-refractivity contribution in [1.29, 1.82) is 0 Å². The summed E-state index contributed by atoms with van der Waals surface area (Å²) in [4.78, 5) is 34.3. The molecular formula is C14H15N3O4. The molecule has 1 aliphatic rings. The van der Waals surface area contributed by atoms with Crippen molar-refractivity contribution in [1.82, 2.24) is 5.01 Å². The lowest BCUT2D eigenvalue weighted by Crippen LogP contribution is -2.34. The van der Waals surface area contributed by atoms with E-state index in [0.29, 0.717) is 17.7 Å². The van der Waals surface area contributed by atoms with E-state index < -0.39 is 5.97 Å². The van der Waals surface area contributed by atoms with Crippen LogP contribution in [0.25, 0.3) is 0 Å². The van der Waals surface area contributed by atoms with Gasteiger partial charge in [-0.25, -0.2) is 9.80 Å². The lowest BCUT2D eigenvalue weighted by molar-refractivity contribution is -0.130. The van der Waals surface area contributed by atoms with E-state index in [4.69, 9.17) is 5.11 Å². The van der Waals surface area contributed by atoms with Crippen LogP contribution in [-0.4, -0.2) is 40.7 Å². The Hall–Kier alpha value is -2.70. The number of nitrogens with one attached hydrogen (secondary N) is 1. The molecule has 1 heterocycles. The summed E-state index contributed by atoms with van der Waals surface area (Å²) < 4.78 is 0. The van der Waals surface area contributed by atoms with Crippen LogP contribution in [0.1, 0.15) is 28.8 Å². The molecule has 2 amide bonds. The van der Waals surface area contributed by atoms with E-state index in [1.807, 2.05) is 0 Å². The molecule has 2 N–H and O–H groups in total. The van der Waals surface area contributed by atoms with Gasteiger partial charge in [-0.15, -0.1) is 0 Å². The largest absolute Gasteiger partial charge is 0.478 e. The summed E-state index contributed by atoms with van der Waals surface area (Å²) in [5.74, 6) is -1.54. The number of amides is 2. The Labute approximate surface area is 121 Å². The lowest BCUT2D eigenvalue weighted by Gasteiger charge is -2.19. The number of aryl methyl sites for hydroxylation is 1. The van der Waals surface area contributed by atoms with Gasteiger partial charge in [-0.05, 0) is 30.7 Å². The van der Waals surface area contributed by atoms with Crippen LogP contribution in [0, 0.1) is 6.92 Å². The Kier molecular flexibility index (Phi) is 4.02. The fourth-order valence-electron chi connectivity index (χ4n) is 1.96. The molecule has 0 fully saturated rings. The summed E-state index contributed by atoms with van der Waals surface area (Å²) in [7, 11) is 1.50. The number of nitrogens with zero attached hydrogens (tertiary/aromatic N) is 2. The van der Waals surface area contributed by atoms with Crippen molar-refractivity contribution in [2.24, 2.45) is 5.10 Å². The van der Waals surface area contributed by atoms with Crippen molar-refractivity contribution >= 4 is 29.2 Å². The molecule has 0 bridgehead atoms. The summed E-state index contributed by atoms with van der Waals surface area (Å²) in [6, 6.07) is 4.44. The molecule has 21 heavy (non-hydrogen) atoms. The maximum Gasteiger partial charge on any atom is 0.335 e. The molecule has 0 unspecified atom stereocenters. The minimum absolute atomic E-state index is 0.131. The highest BCUT2D eigenvalue weighted by molar-refractivity contribution is 6.43. The standard InChI is InChI=1S/C14H15N3O4/c1-8-7-9(14(20)21)3-4-10(8)15-13(19)11-5-6-12(18)17(2)16-11/h3-4,7H,5-6H2,1-2H3,(H,15,19)(H,20,21). The van der Waals surface area contributed by atoms with Gasteiger partial charge < -0.3 is 10.4 Å². The molecule has 0 atom stereocenters. The van der Waals surface area contributed by atoms with Crippen LogP contribution >= 0.6 is 0 Å². The molecule has 0 saturated heterocycles. The minimum atomic E-state index is -1.02. The van der Waals surface area contributed by atoms with Gasteiger partial charge in [0.25, 0.3) is 5.91 Å². The van der Waals surface area contributed by atoms with E-state index in [0.717, 1.165) is 5.01 Å². The number of carbonyl (C=O) groups excluding carboxylic acids is 2. The van der Waals surface area contributed by atoms with E-state index in [1.165, 1.54) is 25.2 Å². The lowest BCUT2D eigenvalue weighted by atomic mass is 10.1. The molecule has 110 valence electrons. The second-order valence-corrected chi connectivity index (χ2v) is 4.75. The van der Waals surface area contributed by atoms with Crippen LogP contribution in [0.3, 0.4) is 0 Å². The highest BCUT2D eigenvalue weighted by Crippen LogP contribution is 2.17. The molecule has 1 aromatic rings. The monoisotopic (exact) mass is 289 g/mol. The molecule has 1 aliphatic heterocycles. The van der Waals surface area contributed by atoms with Gasteiger partial charge >= 0.3 is 5.97 Å². The Balaban J connectivity index is 2.15. The number of carboxylic acids is 1. The first-order valence-corrected chi connectivity index (χ1v) is 6.38. The fraction of sp³-hybridized carbons (Fsp3) is 0.286. The second kappa shape index (κ2) is 5.74. The van der Waals surface area contributed by atoms with Crippen LogP contribution in [0.2, 0.25) is 0 Å². The predicted octanol–water partition coefficient (Wildman–Crippen LogP) is 1.24. The highest BCUT2D eigenvalue weighted by atomic mass is 16.4. The van der Waals surface area contributed by atoms with Crippen molar-refractivity contribution < 1.29 is 19.5 Å². The van der Waals surface area contributed by atoms with Gasteiger partial charge in [0.1, 0.15) is 5.71 Å². The van der Waals surface area contributed by atoms with E-state index in [2.05, 4.69) is 10.4 Å². The fourth-order valence-corrected chi connectivity index (χ4v) is 1.96. The van der Waals surface area contributed by atoms with Crippen LogP contribution in [0.15, 0.2) is 23.3 Å². The number of carbonyl (C=O) groups is 3. The Morgan fingerprint density at radius 1 is 1.33 bits per heavy atom. The highest BCUT2D eigenvalue weighted by Gasteiger charge is 2.22. The smallest absolute Gasteiger partial charge is 0.335 e. The van der Waals surface area contributed by atoms with Crippen LogP contribution in [0.5, 0.6) is 0 Å². The molecule has 1 aromatic carbocycles. The number of aromatic carboxylic acids is 1. The van der Waals surface area contributed by atoms with Gasteiger partial charge in [-0.2, -0.15) is 5.10 Å². The number of hydrogen-bond donors (Lipinski definition) is 2. The van der Waals surface area contributed by atoms with Crippen molar-refractivity contribution in [2.45, 2.75) is 19.8 Å². The van der Waals surface area contributed by atoms with Crippen LogP contribution in [-0.2, 0) is 9.59 Å². The summed E-state index contributed by atoms with van der Waals surface area (Å²) >= 11 is 0. The average Bonchev–Trinajstić information content (AvgIpc) is 2.43. The zero-order chi connectivity index (χ0) is 15.6. The average molecular weight is 289 g/mol. The zero-order valence-corrected chi connectivity index (χ0v) is 11.7. The van der Waals surface area contributed by atoms with Crippen molar-refractivity contribution in [3.8, 4) is 0 Å². The van der Waals surface area contributed by atoms with Crippen molar-refractivity contribution in [2.75, 3.05) is 12.4 Å². The Morgan fingerprint density at radius 2 is 2.05 bits per heavy atom. The summed E-state index contributed by atoms with van der Waals surface area (Å²) in [6.07, 6.45) is 0.543. The number of benzene rings is 1. The van der Waals surface area contributed by atoms with Crippen LogP contribution < -0.4 is 5.32 Å². The van der Waals surface area contributed by atoms with Gasteiger partial charge in [0.2, 0.25) is 5.91 Å². The zero-order valence-electron chi connectivity index (χ0n) is 11.7. The molecule has 0 aromatic heterocycles. The number of hydrazone groups is 1. The maximum atomic E-state index is 12.1. The molecule has 7 nitrogen and oxygen atoms in total. The van der Waals surface area contributed by atoms with E-state index in [1.54, 1.807) is 6.92 Å². The normalized spacial score (nSPS) is 14.7. The Bertz CT molecular complexity index is 652. The third-order valence-corrected chi connectivity index (χ3v) is 3.19. The SMILES string of the molecule is Cc1cc(C(=O)O)ccc1NC(=O)C1=NN(C)C(=O)CC1. The van der Waals surface area contributed by atoms with Gasteiger partial charge in [0.15, 0.2) is 0 Å². The van der Waals surface area contributed by atoms with Gasteiger partial charge in [0, 0.05) is 25.6 Å². The van der Waals surface area contributed by atoms with Crippen LogP contribution in [0.4, 0.5) is 5.69 Å². The van der Waals surface area contributed by atoms with Crippen molar-refractivity contribution in [3.63, 3.8) is 0 Å². The summed E-state index contributed by atoms with van der Waals surface area (Å²) in [5.41, 5.74) is 1.60. The van der Waals surface area contributed by atoms with E-state index in [-0.39, 0.29) is 29.5 Å². The van der Waals surface area contributed by atoms with Gasteiger partial charge in [-0.3, -0.25) is 9.59 Å².